The summed E-state index contributed by atoms with van der Waals surface area (Å²) in [7, 11) is 0. The van der Waals surface area contributed by atoms with Crippen molar-refractivity contribution in [3.05, 3.63) is 68.1 Å². The van der Waals surface area contributed by atoms with Gasteiger partial charge in [-0.2, -0.15) is 0 Å². The third kappa shape index (κ3) is 7.35. The van der Waals surface area contributed by atoms with E-state index in [0.29, 0.717) is 0 Å². The summed E-state index contributed by atoms with van der Waals surface area (Å²) in [6.45, 7) is 3.96. The third-order valence-electron chi connectivity index (χ3n) is 2.63. The fraction of sp³-hybridized carbons (Fsp3) is 0.118. The molecule has 0 aromatic heterocycles. The van der Waals surface area contributed by atoms with Crippen molar-refractivity contribution in [3.63, 3.8) is 0 Å². The summed E-state index contributed by atoms with van der Waals surface area (Å²) < 4.78 is 0. The van der Waals surface area contributed by atoms with Gasteiger partial charge in [0.05, 0.1) is 22.8 Å². The second-order valence-electron chi connectivity index (χ2n) is 4.07. The van der Waals surface area contributed by atoms with Crippen LogP contribution < -0.4 is 0 Å². The molecule has 0 bridgehead atoms. The van der Waals surface area contributed by atoms with Gasteiger partial charge in [-0.25, -0.2) is 0 Å². The van der Waals surface area contributed by atoms with Crippen molar-refractivity contribution in [1.82, 2.24) is 0 Å². The van der Waals surface area contributed by atoms with E-state index in [1.54, 1.807) is 0 Å². The molecule has 0 unspecified atom stereocenters. The van der Waals surface area contributed by atoms with Crippen molar-refractivity contribution in [3.8, 4) is 0 Å². The van der Waals surface area contributed by atoms with Crippen LogP contribution in [0.25, 0.3) is 0 Å². The molecular weight excluding hydrogens is 371 g/mol. The predicted octanol–water partition coefficient (Wildman–Crippen LogP) is 5.86. The average Bonchev–Trinajstić information content (AvgIpc) is 2.51. The second-order valence-corrected chi connectivity index (χ2v) is 4.07. The van der Waals surface area contributed by atoms with Gasteiger partial charge in [0.1, 0.15) is 0 Å². The second kappa shape index (κ2) is 11.4. The zero-order valence-corrected chi connectivity index (χ0v) is 14.9. The minimum absolute atomic E-state index is 0. The summed E-state index contributed by atoms with van der Waals surface area (Å²) in [6, 6.07) is 19.8. The minimum atomic E-state index is 0. The molecule has 0 amide bonds. The molecule has 0 aliphatic heterocycles. The molecule has 2 rings (SSSR count). The van der Waals surface area contributed by atoms with E-state index in [1.807, 2.05) is 74.5 Å². The van der Waals surface area contributed by atoms with Gasteiger partial charge in [0.15, 0.2) is 0 Å². The molecule has 2 nitrogen and oxygen atoms in total. The van der Waals surface area contributed by atoms with Crippen LogP contribution in [0.1, 0.15) is 13.8 Å². The van der Waals surface area contributed by atoms with E-state index in [4.69, 9.17) is 0 Å². The Balaban J connectivity index is 0.00000128. The molecule has 0 radical (unpaired) electrons. The Labute approximate surface area is 142 Å². The van der Waals surface area contributed by atoms with Crippen LogP contribution in [-0.2, 0) is 13.7 Å². The number of para-hydroxylation sites is 2. The topological polar surface area (TPSA) is 24.7 Å². The van der Waals surface area contributed by atoms with E-state index in [0.717, 1.165) is 22.8 Å². The van der Waals surface area contributed by atoms with Gasteiger partial charge in [0.2, 0.25) is 0 Å². The molecule has 21 heavy (non-hydrogen) atoms. The number of nitrogens with zero attached hydrogens (tertiary/aromatic N) is 2. The standard InChI is InChI=1S/C16H16N2.CH3.BrH.Ni/c1-13(17-15-9-5-3-6-10-15)14(2)18-16-11-7-4-8-12-16;;;/h3-12H,1-2H3;1H3;1H;/q;-1;;+1/p-1. The maximum absolute atomic E-state index is 4.54. The Kier molecular flexibility index (Phi) is 10.7. The molecule has 115 valence electrons. The third-order valence-corrected chi connectivity index (χ3v) is 2.63. The number of aliphatic imine (C=N–C) groups is 2. The fourth-order valence-corrected chi connectivity index (χ4v) is 1.55. The molecule has 0 fully saturated rings. The Morgan fingerprint density at radius 2 is 1.00 bits per heavy atom. The van der Waals surface area contributed by atoms with E-state index in [2.05, 4.69) is 37.9 Å². The van der Waals surface area contributed by atoms with Crippen molar-refractivity contribution >= 4 is 37.0 Å². The van der Waals surface area contributed by atoms with E-state index >= 15 is 0 Å². The van der Waals surface area contributed by atoms with E-state index < -0.39 is 0 Å². The van der Waals surface area contributed by atoms with Crippen LogP contribution in [-0.4, -0.2) is 11.4 Å². The number of hydrogen-bond donors (Lipinski definition) is 0. The summed E-state index contributed by atoms with van der Waals surface area (Å²) in [4.78, 5) is 9.08. The summed E-state index contributed by atoms with van der Waals surface area (Å²) >= 11 is 6.25. The first-order valence-corrected chi connectivity index (χ1v) is 8.53. The Morgan fingerprint density at radius 3 is 1.29 bits per heavy atom. The summed E-state index contributed by atoms with van der Waals surface area (Å²) in [5, 5.41) is 0. The molecular formula is C17H19BrN2Ni-. The molecule has 0 saturated carbocycles. The number of halogens is 1. The van der Waals surface area contributed by atoms with Crippen LogP contribution in [0.2, 0.25) is 0 Å². The molecule has 2 aromatic rings. The number of hydrogen-bond acceptors (Lipinski definition) is 2. The van der Waals surface area contributed by atoms with E-state index in [9.17, 15) is 0 Å². The Bertz CT molecular complexity index is 512. The van der Waals surface area contributed by atoms with Gasteiger partial charge in [-0.3, -0.25) is 9.98 Å². The van der Waals surface area contributed by atoms with Crippen molar-refractivity contribution < 1.29 is 13.7 Å². The van der Waals surface area contributed by atoms with Gasteiger partial charge in [-0.05, 0) is 38.1 Å². The van der Waals surface area contributed by atoms with Crippen molar-refractivity contribution in [2.45, 2.75) is 13.8 Å². The normalized spacial score (nSPS) is 11.1. The Hall–Kier alpha value is -1.25. The molecule has 0 heterocycles. The van der Waals surface area contributed by atoms with Gasteiger partial charge < -0.3 is 7.43 Å². The molecule has 0 saturated heterocycles. The average molecular weight is 390 g/mol. The predicted molar refractivity (Wildman–Crippen MR) is 93.8 cm³/mol. The summed E-state index contributed by atoms with van der Waals surface area (Å²) in [5.74, 6) is 0. The number of rotatable bonds is 3. The first-order chi connectivity index (χ1) is 9.75. The monoisotopic (exact) mass is 388 g/mol. The van der Waals surface area contributed by atoms with Gasteiger partial charge >= 0.3 is 27.9 Å². The van der Waals surface area contributed by atoms with E-state index in [-0.39, 0.29) is 7.43 Å². The molecule has 0 aliphatic rings. The van der Waals surface area contributed by atoms with Crippen LogP contribution in [0.15, 0.2) is 70.6 Å². The summed E-state index contributed by atoms with van der Waals surface area (Å²) in [6.07, 6.45) is 0. The SMILES string of the molecule is CC(=Nc1ccccc1)C(C)=Nc1ccccc1.[CH3-].[Ni][Br]. The van der Waals surface area contributed by atoms with Gasteiger partial charge in [0, 0.05) is 0 Å². The van der Waals surface area contributed by atoms with Crippen LogP contribution in [0.5, 0.6) is 0 Å². The van der Waals surface area contributed by atoms with E-state index in [1.165, 1.54) is 0 Å². The van der Waals surface area contributed by atoms with Gasteiger partial charge in [-0.1, -0.05) is 36.4 Å². The number of benzene rings is 2. The molecule has 4 heteroatoms. The van der Waals surface area contributed by atoms with Crippen LogP contribution in [0, 0.1) is 7.43 Å². The van der Waals surface area contributed by atoms with Crippen molar-refractivity contribution in [2.75, 3.05) is 0 Å². The van der Waals surface area contributed by atoms with Gasteiger partial charge in [0.25, 0.3) is 0 Å². The summed E-state index contributed by atoms with van der Waals surface area (Å²) in [5.41, 5.74) is 3.78. The van der Waals surface area contributed by atoms with Crippen LogP contribution >= 0.6 is 14.2 Å². The molecule has 0 atom stereocenters. The zero-order valence-electron chi connectivity index (χ0n) is 12.4. The Morgan fingerprint density at radius 1 is 0.714 bits per heavy atom. The van der Waals surface area contributed by atoms with Crippen molar-refractivity contribution in [1.29, 1.82) is 0 Å². The quantitative estimate of drug-likeness (QED) is 0.356. The van der Waals surface area contributed by atoms with Gasteiger partial charge in [-0.15, -0.1) is 0 Å². The first-order valence-electron chi connectivity index (χ1n) is 6.09. The molecule has 2 aromatic carbocycles. The van der Waals surface area contributed by atoms with Crippen LogP contribution in [0.4, 0.5) is 11.4 Å². The molecule has 0 aliphatic carbocycles. The van der Waals surface area contributed by atoms with Crippen molar-refractivity contribution in [2.24, 2.45) is 9.98 Å². The first kappa shape index (κ1) is 19.8. The molecule has 0 spiro atoms. The molecule has 0 N–H and O–H groups in total. The fourth-order valence-electron chi connectivity index (χ4n) is 1.55. The maximum atomic E-state index is 4.54. The zero-order chi connectivity index (χ0) is 14.8. The van der Waals surface area contributed by atoms with Crippen LogP contribution in [0.3, 0.4) is 0 Å².